The maximum atomic E-state index is 13.7. The molecule has 0 saturated carbocycles. The third-order valence-corrected chi connectivity index (χ3v) is 5.31. The van der Waals surface area contributed by atoms with Crippen LogP contribution in [0.4, 0.5) is 8.78 Å². The van der Waals surface area contributed by atoms with Crippen LogP contribution in [0.2, 0.25) is 0 Å². The van der Waals surface area contributed by atoms with Gasteiger partial charge >= 0.3 is 0 Å². The minimum atomic E-state index is -4.20. The van der Waals surface area contributed by atoms with Crippen LogP contribution >= 0.6 is 0 Å². The molecule has 0 aliphatic heterocycles. The van der Waals surface area contributed by atoms with Crippen LogP contribution in [0.25, 0.3) is 5.69 Å². The molecule has 10 heteroatoms. The molecule has 136 valence electrons. The summed E-state index contributed by atoms with van der Waals surface area (Å²) in [6, 6.07) is 7.80. The lowest BCUT2D eigenvalue weighted by molar-refractivity contribution is 0.541. The van der Waals surface area contributed by atoms with E-state index in [9.17, 15) is 17.2 Å². The van der Waals surface area contributed by atoms with Gasteiger partial charge in [-0.15, -0.1) is 5.10 Å². The molecule has 0 saturated heterocycles. The molecule has 0 amide bonds. The van der Waals surface area contributed by atoms with Crippen molar-refractivity contribution in [2.75, 3.05) is 0 Å². The predicted octanol–water partition coefficient (Wildman–Crippen LogP) is 2.04. The first-order valence-electron chi connectivity index (χ1n) is 7.57. The Morgan fingerprint density at radius 1 is 1.08 bits per heavy atom. The van der Waals surface area contributed by atoms with Crippen molar-refractivity contribution in [1.29, 1.82) is 0 Å². The fourth-order valence-electron chi connectivity index (χ4n) is 2.30. The lowest BCUT2D eigenvalue weighted by Crippen LogP contribution is -2.26. The highest BCUT2D eigenvalue weighted by Crippen LogP contribution is 2.17. The second-order valence-electron chi connectivity index (χ2n) is 5.67. The van der Waals surface area contributed by atoms with E-state index in [2.05, 4.69) is 20.2 Å². The number of aryl methyl sites for hydroxylation is 2. The summed E-state index contributed by atoms with van der Waals surface area (Å²) in [7, 11) is -4.20. The number of halogens is 2. The molecule has 1 heterocycles. The Bertz CT molecular complexity index is 1070. The van der Waals surface area contributed by atoms with E-state index < -0.39 is 26.6 Å². The van der Waals surface area contributed by atoms with Crippen molar-refractivity contribution in [2.45, 2.75) is 25.3 Å². The molecule has 2 aromatic carbocycles. The lowest BCUT2D eigenvalue weighted by Gasteiger charge is -2.09. The van der Waals surface area contributed by atoms with Gasteiger partial charge in [0.25, 0.3) is 0 Å². The van der Waals surface area contributed by atoms with Crippen LogP contribution in [0.3, 0.4) is 0 Å². The monoisotopic (exact) mass is 379 g/mol. The number of rotatable bonds is 5. The molecular formula is C16H15F2N5O2S. The highest BCUT2D eigenvalue weighted by atomic mass is 32.2. The standard InChI is InChI=1S/C16H15F2N5O2S/c1-10-3-5-13(7-11(10)2)23-16(20-21-22-23)9-19-26(24,25)15-6-4-12(17)8-14(15)18/h3-8,19H,9H2,1-2H3. The zero-order valence-electron chi connectivity index (χ0n) is 13.9. The van der Waals surface area contributed by atoms with Crippen molar-refractivity contribution >= 4 is 10.0 Å². The summed E-state index contributed by atoms with van der Waals surface area (Å²) in [5, 5.41) is 11.2. The van der Waals surface area contributed by atoms with Crippen molar-refractivity contribution in [1.82, 2.24) is 24.9 Å². The van der Waals surface area contributed by atoms with Crippen LogP contribution in [0.5, 0.6) is 0 Å². The Morgan fingerprint density at radius 2 is 1.85 bits per heavy atom. The number of hydrogen-bond acceptors (Lipinski definition) is 5. The van der Waals surface area contributed by atoms with E-state index in [1.54, 1.807) is 6.07 Å². The SMILES string of the molecule is Cc1ccc(-n2nnnc2CNS(=O)(=O)c2ccc(F)cc2F)cc1C. The second kappa shape index (κ2) is 6.89. The van der Waals surface area contributed by atoms with E-state index in [1.807, 2.05) is 26.0 Å². The average molecular weight is 379 g/mol. The van der Waals surface area contributed by atoms with Gasteiger partial charge < -0.3 is 0 Å². The quantitative estimate of drug-likeness (QED) is 0.733. The van der Waals surface area contributed by atoms with E-state index in [-0.39, 0.29) is 12.4 Å². The zero-order valence-corrected chi connectivity index (χ0v) is 14.8. The second-order valence-corrected chi connectivity index (χ2v) is 7.41. The summed E-state index contributed by atoms with van der Waals surface area (Å²) in [6.07, 6.45) is 0. The summed E-state index contributed by atoms with van der Waals surface area (Å²) in [4.78, 5) is -0.649. The lowest BCUT2D eigenvalue weighted by atomic mass is 10.1. The van der Waals surface area contributed by atoms with Crippen molar-refractivity contribution in [3.05, 3.63) is 65.0 Å². The molecule has 0 unspecified atom stereocenters. The molecule has 7 nitrogen and oxygen atoms in total. The fourth-order valence-corrected chi connectivity index (χ4v) is 3.34. The van der Waals surface area contributed by atoms with E-state index in [0.29, 0.717) is 11.8 Å². The number of nitrogens with zero attached hydrogens (tertiary/aromatic N) is 4. The molecule has 1 aromatic heterocycles. The zero-order chi connectivity index (χ0) is 18.9. The summed E-state index contributed by atoms with van der Waals surface area (Å²) in [6.45, 7) is 3.63. The Labute approximate surface area is 148 Å². The molecule has 0 atom stereocenters. The molecule has 0 aliphatic carbocycles. The van der Waals surface area contributed by atoms with E-state index >= 15 is 0 Å². The Hall–Kier alpha value is -2.72. The molecule has 26 heavy (non-hydrogen) atoms. The highest BCUT2D eigenvalue weighted by Gasteiger charge is 2.21. The van der Waals surface area contributed by atoms with Gasteiger partial charge in [0.15, 0.2) is 5.82 Å². The fraction of sp³-hybridized carbons (Fsp3) is 0.188. The van der Waals surface area contributed by atoms with Crippen molar-refractivity contribution in [3.63, 3.8) is 0 Å². The highest BCUT2D eigenvalue weighted by molar-refractivity contribution is 7.89. The number of hydrogen-bond donors (Lipinski definition) is 1. The minimum absolute atomic E-state index is 0.222. The molecule has 0 bridgehead atoms. The smallest absolute Gasteiger partial charge is 0.207 e. The van der Waals surface area contributed by atoms with Gasteiger partial charge in [-0.05, 0) is 59.7 Å². The Balaban J connectivity index is 1.84. The first-order valence-corrected chi connectivity index (χ1v) is 9.06. The first-order chi connectivity index (χ1) is 12.3. The predicted molar refractivity (Wildman–Crippen MR) is 89.0 cm³/mol. The number of nitrogens with one attached hydrogen (secondary N) is 1. The normalized spacial score (nSPS) is 11.7. The van der Waals surface area contributed by atoms with Crippen LogP contribution < -0.4 is 4.72 Å². The van der Waals surface area contributed by atoms with Gasteiger partial charge in [0.1, 0.15) is 16.5 Å². The van der Waals surface area contributed by atoms with Gasteiger partial charge in [-0.25, -0.2) is 21.9 Å². The first kappa shape index (κ1) is 18.1. The van der Waals surface area contributed by atoms with Crippen LogP contribution in [-0.4, -0.2) is 28.6 Å². The molecule has 0 spiro atoms. The topological polar surface area (TPSA) is 89.8 Å². The molecule has 3 rings (SSSR count). The molecular weight excluding hydrogens is 364 g/mol. The van der Waals surface area contributed by atoms with Crippen LogP contribution in [0.15, 0.2) is 41.3 Å². The summed E-state index contributed by atoms with van der Waals surface area (Å²) in [5.74, 6) is -1.81. The third-order valence-electron chi connectivity index (χ3n) is 3.87. The Morgan fingerprint density at radius 3 is 2.54 bits per heavy atom. The third kappa shape index (κ3) is 3.60. The van der Waals surface area contributed by atoms with E-state index in [0.717, 1.165) is 23.3 Å². The van der Waals surface area contributed by atoms with Crippen LogP contribution in [0.1, 0.15) is 17.0 Å². The molecule has 1 N–H and O–H groups in total. The van der Waals surface area contributed by atoms with Gasteiger partial charge in [0, 0.05) is 6.07 Å². The number of sulfonamides is 1. The van der Waals surface area contributed by atoms with Gasteiger partial charge in [-0.3, -0.25) is 0 Å². The van der Waals surface area contributed by atoms with Crippen LogP contribution in [-0.2, 0) is 16.6 Å². The maximum Gasteiger partial charge on any atom is 0.243 e. The average Bonchev–Trinajstić information content (AvgIpc) is 3.04. The largest absolute Gasteiger partial charge is 0.243 e. The van der Waals surface area contributed by atoms with Crippen molar-refractivity contribution < 1.29 is 17.2 Å². The van der Waals surface area contributed by atoms with E-state index in [4.69, 9.17) is 0 Å². The molecule has 0 radical (unpaired) electrons. The van der Waals surface area contributed by atoms with Gasteiger partial charge in [0.05, 0.1) is 12.2 Å². The van der Waals surface area contributed by atoms with Gasteiger partial charge in [-0.2, -0.15) is 4.68 Å². The summed E-state index contributed by atoms with van der Waals surface area (Å²) in [5.41, 5.74) is 2.79. The van der Waals surface area contributed by atoms with Crippen molar-refractivity contribution in [3.8, 4) is 5.69 Å². The molecule has 0 aliphatic rings. The molecule has 0 fully saturated rings. The number of tetrazole rings is 1. The molecule has 3 aromatic rings. The minimum Gasteiger partial charge on any atom is -0.207 e. The van der Waals surface area contributed by atoms with Gasteiger partial charge in [-0.1, -0.05) is 6.07 Å². The summed E-state index contributed by atoms with van der Waals surface area (Å²) < 4.78 is 54.8. The maximum absolute atomic E-state index is 13.7. The number of benzene rings is 2. The number of aromatic nitrogens is 4. The van der Waals surface area contributed by atoms with Crippen LogP contribution in [0, 0.1) is 25.5 Å². The summed E-state index contributed by atoms with van der Waals surface area (Å²) >= 11 is 0. The Kier molecular flexibility index (Phi) is 4.79. The van der Waals surface area contributed by atoms with Gasteiger partial charge in [0.2, 0.25) is 10.0 Å². The van der Waals surface area contributed by atoms with Crippen molar-refractivity contribution in [2.24, 2.45) is 0 Å². The van der Waals surface area contributed by atoms with E-state index in [1.165, 1.54) is 4.68 Å².